The van der Waals surface area contributed by atoms with Gasteiger partial charge in [0.15, 0.2) is 6.23 Å². The SMILES string of the molecule is Clc1cc2c(cnn2C2CCCCO2)c(Br)c1I. The predicted octanol–water partition coefficient (Wildman–Crippen LogP) is 4.76. The number of aromatic nitrogens is 2. The highest BCUT2D eigenvalue weighted by atomic mass is 127. The fourth-order valence-corrected chi connectivity index (χ4v) is 3.51. The molecule has 1 unspecified atom stereocenters. The minimum atomic E-state index is 0.0410. The van der Waals surface area contributed by atoms with Crippen LogP contribution in [0.3, 0.4) is 0 Å². The van der Waals surface area contributed by atoms with Crippen molar-refractivity contribution in [2.45, 2.75) is 25.5 Å². The summed E-state index contributed by atoms with van der Waals surface area (Å²) < 4.78 is 9.75. The second-order valence-corrected chi connectivity index (χ2v) is 6.61. The van der Waals surface area contributed by atoms with Gasteiger partial charge in [0.05, 0.1) is 16.7 Å². The van der Waals surface area contributed by atoms with Gasteiger partial charge in [-0.3, -0.25) is 0 Å². The van der Waals surface area contributed by atoms with Gasteiger partial charge in [0.1, 0.15) is 0 Å². The summed E-state index contributed by atoms with van der Waals surface area (Å²) in [6, 6.07) is 1.97. The van der Waals surface area contributed by atoms with Crippen molar-refractivity contribution in [3.8, 4) is 0 Å². The van der Waals surface area contributed by atoms with Crippen LogP contribution in [-0.2, 0) is 4.74 Å². The molecule has 0 bridgehead atoms. The first-order chi connectivity index (χ1) is 8.68. The molecule has 0 radical (unpaired) electrons. The zero-order valence-electron chi connectivity index (χ0n) is 9.50. The van der Waals surface area contributed by atoms with Crippen LogP contribution in [0.4, 0.5) is 0 Å². The third kappa shape index (κ3) is 2.19. The van der Waals surface area contributed by atoms with E-state index in [1.807, 2.05) is 16.9 Å². The fourth-order valence-electron chi connectivity index (χ4n) is 2.24. The molecule has 2 heterocycles. The first-order valence-electron chi connectivity index (χ1n) is 5.81. The maximum atomic E-state index is 6.24. The van der Waals surface area contributed by atoms with Crippen molar-refractivity contribution in [1.82, 2.24) is 9.78 Å². The highest BCUT2D eigenvalue weighted by Gasteiger charge is 2.20. The second kappa shape index (κ2) is 5.26. The summed E-state index contributed by atoms with van der Waals surface area (Å²) in [5.74, 6) is 0. The molecule has 18 heavy (non-hydrogen) atoms. The molecule has 1 aromatic carbocycles. The lowest BCUT2D eigenvalue weighted by Crippen LogP contribution is -2.18. The fraction of sp³-hybridized carbons (Fsp3) is 0.417. The van der Waals surface area contributed by atoms with Crippen LogP contribution in [0.15, 0.2) is 16.7 Å². The molecule has 1 aromatic heterocycles. The molecule has 1 atom stereocenters. The van der Waals surface area contributed by atoms with Crippen molar-refractivity contribution in [2.75, 3.05) is 6.61 Å². The number of benzene rings is 1. The Hall–Kier alpha value is 0.150. The molecule has 6 heteroatoms. The minimum Gasteiger partial charge on any atom is -0.356 e. The number of hydrogen-bond acceptors (Lipinski definition) is 2. The summed E-state index contributed by atoms with van der Waals surface area (Å²) in [6.07, 6.45) is 5.25. The van der Waals surface area contributed by atoms with E-state index in [-0.39, 0.29) is 6.23 Å². The van der Waals surface area contributed by atoms with E-state index in [2.05, 4.69) is 43.6 Å². The lowest BCUT2D eigenvalue weighted by atomic mass is 10.2. The molecule has 0 spiro atoms. The molecular formula is C12H11BrClIN2O. The first kappa shape index (κ1) is 13.1. The minimum absolute atomic E-state index is 0.0410. The number of rotatable bonds is 1. The molecule has 1 aliphatic heterocycles. The maximum absolute atomic E-state index is 6.24. The van der Waals surface area contributed by atoms with Crippen molar-refractivity contribution in [2.24, 2.45) is 0 Å². The molecule has 0 aliphatic carbocycles. The Morgan fingerprint density at radius 1 is 1.50 bits per heavy atom. The standard InChI is InChI=1S/C12H11BrClIN2O/c13-11-7-6-16-17(10-3-1-2-4-18-10)9(7)5-8(14)12(11)15/h5-6,10H,1-4H2. The van der Waals surface area contributed by atoms with Crippen molar-refractivity contribution < 1.29 is 4.74 Å². The Balaban J connectivity index is 2.13. The number of halogens is 3. The van der Waals surface area contributed by atoms with Gasteiger partial charge < -0.3 is 4.74 Å². The van der Waals surface area contributed by atoms with Gasteiger partial charge in [-0.2, -0.15) is 5.10 Å². The molecule has 1 aliphatic rings. The van der Waals surface area contributed by atoms with Crippen LogP contribution in [0, 0.1) is 3.57 Å². The molecular weight excluding hydrogens is 430 g/mol. The average molecular weight is 441 g/mol. The number of nitrogens with zero attached hydrogens (tertiary/aromatic N) is 2. The van der Waals surface area contributed by atoms with Crippen molar-refractivity contribution in [1.29, 1.82) is 0 Å². The zero-order valence-corrected chi connectivity index (χ0v) is 14.0. The van der Waals surface area contributed by atoms with Gasteiger partial charge in [0.25, 0.3) is 0 Å². The third-order valence-corrected chi connectivity index (χ3v) is 6.47. The van der Waals surface area contributed by atoms with E-state index in [4.69, 9.17) is 16.3 Å². The van der Waals surface area contributed by atoms with Crippen LogP contribution in [0.5, 0.6) is 0 Å². The van der Waals surface area contributed by atoms with Crippen molar-refractivity contribution in [3.05, 3.63) is 25.3 Å². The van der Waals surface area contributed by atoms with Crippen LogP contribution in [0.25, 0.3) is 10.9 Å². The molecule has 0 amide bonds. The Kier molecular flexibility index (Phi) is 3.85. The monoisotopic (exact) mass is 440 g/mol. The zero-order chi connectivity index (χ0) is 12.7. The average Bonchev–Trinajstić information content (AvgIpc) is 2.81. The number of ether oxygens (including phenoxy) is 1. The van der Waals surface area contributed by atoms with E-state index in [1.54, 1.807) is 0 Å². The van der Waals surface area contributed by atoms with Gasteiger partial charge in [-0.05, 0) is 63.8 Å². The summed E-state index contributed by atoms with van der Waals surface area (Å²) in [5, 5.41) is 6.29. The van der Waals surface area contributed by atoms with Crippen molar-refractivity contribution in [3.63, 3.8) is 0 Å². The van der Waals surface area contributed by atoms with Crippen LogP contribution in [-0.4, -0.2) is 16.4 Å². The summed E-state index contributed by atoms with van der Waals surface area (Å²) in [6.45, 7) is 0.811. The normalized spacial score (nSPS) is 20.5. The topological polar surface area (TPSA) is 27.1 Å². The van der Waals surface area contributed by atoms with Crippen LogP contribution in [0.2, 0.25) is 5.02 Å². The molecule has 3 rings (SSSR count). The smallest absolute Gasteiger partial charge is 0.150 e. The van der Waals surface area contributed by atoms with Gasteiger partial charge >= 0.3 is 0 Å². The quantitative estimate of drug-likeness (QED) is 0.472. The van der Waals surface area contributed by atoms with E-state index >= 15 is 0 Å². The highest BCUT2D eigenvalue weighted by Crippen LogP contribution is 2.36. The lowest BCUT2D eigenvalue weighted by molar-refractivity contribution is -0.0366. The largest absolute Gasteiger partial charge is 0.356 e. The Bertz CT molecular complexity index is 595. The Morgan fingerprint density at radius 3 is 3.06 bits per heavy atom. The molecule has 0 N–H and O–H groups in total. The van der Waals surface area contributed by atoms with Gasteiger partial charge in [0, 0.05) is 20.0 Å². The molecule has 0 saturated carbocycles. The van der Waals surface area contributed by atoms with Gasteiger partial charge in [-0.15, -0.1) is 0 Å². The summed E-state index contributed by atoms with van der Waals surface area (Å²) in [4.78, 5) is 0. The molecule has 3 nitrogen and oxygen atoms in total. The van der Waals surface area contributed by atoms with E-state index in [0.29, 0.717) is 0 Å². The highest BCUT2D eigenvalue weighted by molar-refractivity contribution is 14.1. The van der Waals surface area contributed by atoms with E-state index in [9.17, 15) is 0 Å². The number of fused-ring (bicyclic) bond motifs is 1. The van der Waals surface area contributed by atoms with Crippen LogP contribution in [0.1, 0.15) is 25.5 Å². The maximum Gasteiger partial charge on any atom is 0.150 e. The molecule has 96 valence electrons. The van der Waals surface area contributed by atoms with Gasteiger partial charge in [-0.25, -0.2) is 4.68 Å². The number of hydrogen-bond donors (Lipinski definition) is 0. The summed E-state index contributed by atoms with van der Waals surface area (Å²) >= 11 is 12.1. The van der Waals surface area contributed by atoms with Gasteiger partial charge in [-0.1, -0.05) is 11.6 Å². The first-order valence-corrected chi connectivity index (χ1v) is 8.06. The third-order valence-electron chi connectivity index (χ3n) is 3.16. The van der Waals surface area contributed by atoms with Gasteiger partial charge in [0.2, 0.25) is 0 Å². The molecule has 1 saturated heterocycles. The summed E-state index contributed by atoms with van der Waals surface area (Å²) in [7, 11) is 0. The van der Waals surface area contributed by atoms with Crippen LogP contribution < -0.4 is 0 Å². The van der Waals surface area contributed by atoms with E-state index < -0.39 is 0 Å². The summed E-state index contributed by atoms with van der Waals surface area (Å²) in [5.41, 5.74) is 1.03. The van der Waals surface area contributed by atoms with Crippen LogP contribution >= 0.6 is 50.1 Å². The van der Waals surface area contributed by atoms with E-state index in [1.165, 1.54) is 6.42 Å². The predicted molar refractivity (Wildman–Crippen MR) is 84.0 cm³/mol. The molecule has 2 aromatic rings. The Labute approximate surface area is 132 Å². The van der Waals surface area contributed by atoms with Crippen molar-refractivity contribution >= 4 is 61.0 Å². The second-order valence-electron chi connectivity index (χ2n) is 4.33. The Morgan fingerprint density at radius 2 is 2.33 bits per heavy atom. The molecule has 1 fully saturated rings. The van der Waals surface area contributed by atoms with E-state index in [0.717, 1.165) is 43.4 Å². The lowest BCUT2D eigenvalue weighted by Gasteiger charge is -2.23.